The van der Waals surface area contributed by atoms with Crippen LogP contribution in [0.3, 0.4) is 0 Å². The first kappa shape index (κ1) is 18.8. The number of esters is 2. The Morgan fingerprint density at radius 3 is 2.65 bits per heavy atom. The van der Waals surface area contributed by atoms with Gasteiger partial charge in [0.05, 0.1) is 12.2 Å². The summed E-state index contributed by atoms with van der Waals surface area (Å²) in [7, 11) is 0. The first-order valence-corrected chi connectivity index (χ1v) is 7.46. The third kappa shape index (κ3) is 7.01. The average molecular weight is 343 g/mol. The van der Waals surface area contributed by atoms with E-state index in [1.807, 2.05) is 0 Å². The highest BCUT2D eigenvalue weighted by molar-refractivity contribution is 6.31. The molecule has 8 heteroatoms. The normalized spacial score (nSPS) is 10.0. The largest absolute Gasteiger partial charge is 0.466 e. The van der Waals surface area contributed by atoms with Crippen molar-refractivity contribution in [3.05, 3.63) is 28.8 Å². The Kier molecular flexibility index (Phi) is 7.90. The lowest BCUT2D eigenvalue weighted by Crippen LogP contribution is -2.30. The molecule has 126 valence electrons. The molecule has 23 heavy (non-hydrogen) atoms. The minimum Gasteiger partial charge on any atom is -0.466 e. The zero-order chi connectivity index (χ0) is 17.2. The van der Waals surface area contributed by atoms with Crippen LogP contribution in [-0.4, -0.2) is 37.6 Å². The molecule has 0 heterocycles. The summed E-state index contributed by atoms with van der Waals surface area (Å²) in [5.74, 6) is -1.48. The maximum atomic E-state index is 11.8. The molecule has 3 N–H and O–H groups in total. The lowest BCUT2D eigenvalue weighted by molar-refractivity contribution is -0.143. The molecule has 0 radical (unpaired) electrons. The van der Waals surface area contributed by atoms with E-state index < -0.39 is 18.5 Å². The Morgan fingerprint density at radius 2 is 2.00 bits per heavy atom. The van der Waals surface area contributed by atoms with Crippen LogP contribution >= 0.6 is 11.6 Å². The van der Waals surface area contributed by atoms with E-state index in [1.165, 1.54) is 18.2 Å². The van der Waals surface area contributed by atoms with Crippen LogP contribution in [-0.2, 0) is 19.1 Å². The van der Waals surface area contributed by atoms with Crippen molar-refractivity contribution in [1.82, 2.24) is 5.32 Å². The Hall–Kier alpha value is -2.28. The van der Waals surface area contributed by atoms with Crippen LogP contribution in [0, 0.1) is 0 Å². The summed E-state index contributed by atoms with van der Waals surface area (Å²) in [6, 6.07) is 4.36. The molecule has 1 amide bonds. The predicted octanol–water partition coefficient (Wildman–Crippen LogP) is 1.54. The molecule has 7 nitrogen and oxygen atoms in total. The smallest absolute Gasteiger partial charge is 0.340 e. The Labute approximate surface area is 139 Å². The summed E-state index contributed by atoms with van der Waals surface area (Å²) in [5.41, 5.74) is 5.97. The number of anilines is 1. The van der Waals surface area contributed by atoms with Crippen LogP contribution in [0.1, 0.15) is 30.1 Å². The first-order chi connectivity index (χ1) is 10.9. The predicted molar refractivity (Wildman–Crippen MR) is 85.0 cm³/mol. The SMILES string of the molecule is CCOC(=O)CCCNC(=O)COC(=O)c1ccc(Cl)cc1N. The highest BCUT2D eigenvalue weighted by Gasteiger charge is 2.13. The van der Waals surface area contributed by atoms with E-state index in [2.05, 4.69) is 5.32 Å². The molecule has 0 saturated heterocycles. The van der Waals surface area contributed by atoms with Crippen molar-refractivity contribution in [1.29, 1.82) is 0 Å². The molecular formula is C15H19ClN2O5. The summed E-state index contributed by atoms with van der Waals surface area (Å²) in [5, 5.41) is 2.94. The van der Waals surface area contributed by atoms with Crippen LogP contribution < -0.4 is 11.1 Å². The summed E-state index contributed by atoms with van der Waals surface area (Å²) in [6.07, 6.45) is 0.665. The van der Waals surface area contributed by atoms with Crippen molar-refractivity contribution in [3.63, 3.8) is 0 Å². The highest BCUT2D eigenvalue weighted by atomic mass is 35.5. The number of amides is 1. The van der Waals surface area contributed by atoms with Gasteiger partial charge in [-0.2, -0.15) is 0 Å². The van der Waals surface area contributed by atoms with Gasteiger partial charge in [0.25, 0.3) is 5.91 Å². The van der Waals surface area contributed by atoms with E-state index in [4.69, 9.17) is 26.8 Å². The van der Waals surface area contributed by atoms with Crippen LogP contribution in [0.5, 0.6) is 0 Å². The molecule has 0 aliphatic rings. The maximum Gasteiger partial charge on any atom is 0.340 e. The van der Waals surface area contributed by atoms with Crippen LogP contribution in [0.15, 0.2) is 18.2 Å². The summed E-state index contributed by atoms with van der Waals surface area (Å²) in [6.45, 7) is 1.91. The van der Waals surface area contributed by atoms with E-state index in [9.17, 15) is 14.4 Å². The fourth-order valence-corrected chi connectivity index (χ4v) is 1.85. The number of hydrogen-bond acceptors (Lipinski definition) is 6. The average Bonchev–Trinajstić information content (AvgIpc) is 2.49. The number of carbonyl (C=O) groups excluding carboxylic acids is 3. The standard InChI is InChI=1S/C15H19ClN2O5/c1-2-22-14(20)4-3-7-18-13(19)9-23-15(21)11-6-5-10(16)8-12(11)17/h5-6,8H,2-4,7,9,17H2,1H3,(H,18,19). The van der Waals surface area contributed by atoms with Crippen molar-refractivity contribution in [3.8, 4) is 0 Å². The number of nitrogen functional groups attached to an aromatic ring is 1. The lowest BCUT2D eigenvalue weighted by atomic mass is 10.2. The van der Waals surface area contributed by atoms with Gasteiger partial charge in [-0.05, 0) is 31.5 Å². The van der Waals surface area contributed by atoms with Crippen molar-refractivity contribution in [2.24, 2.45) is 0 Å². The summed E-state index contributed by atoms with van der Waals surface area (Å²) < 4.78 is 9.62. The molecule has 0 aromatic heterocycles. The maximum absolute atomic E-state index is 11.8. The Morgan fingerprint density at radius 1 is 1.26 bits per heavy atom. The number of halogens is 1. The van der Waals surface area contributed by atoms with E-state index in [-0.39, 0.29) is 30.2 Å². The number of rotatable bonds is 8. The molecule has 0 fully saturated rings. The van der Waals surface area contributed by atoms with Gasteiger partial charge in [-0.15, -0.1) is 0 Å². The van der Waals surface area contributed by atoms with Crippen LogP contribution in [0.2, 0.25) is 5.02 Å². The van der Waals surface area contributed by atoms with Crippen LogP contribution in [0.25, 0.3) is 0 Å². The number of carbonyl (C=O) groups is 3. The summed E-state index contributed by atoms with van der Waals surface area (Å²) in [4.78, 5) is 34.4. The number of nitrogens with one attached hydrogen (secondary N) is 1. The van der Waals surface area contributed by atoms with Crippen LogP contribution in [0.4, 0.5) is 5.69 Å². The van der Waals surface area contributed by atoms with Gasteiger partial charge in [0, 0.05) is 23.7 Å². The highest BCUT2D eigenvalue weighted by Crippen LogP contribution is 2.18. The minimum absolute atomic E-state index is 0.143. The topological polar surface area (TPSA) is 108 Å². The molecular weight excluding hydrogens is 324 g/mol. The van der Waals surface area contributed by atoms with E-state index in [0.717, 1.165) is 0 Å². The third-order valence-electron chi connectivity index (χ3n) is 2.75. The zero-order valence-corrected chi connectivity index (χ0v) is 13.5. The molecule has 1 aromatic carbocycles. The second-order valence-corrected chi connectivity index (χ2v) is 5.00. The molecule has 0 spiro atoms. The molecule has 0 atom stereocenters. The lowest BCUT2D eigenvalue weighted by Gasteiger charge is -2.08. The van der Waals surface area contributed by atoms with Gasteiger partial charge in [0.15, 0.2) is 6.61 Å². The van der Waals surface area contributed by atoms with Crippen molar-refractivity contribution in [2.45, 2.75) is 19.8 Å². The molecule has 1 aromatic rings. The van der Waals surface area contributed by atoms with Crippen molar-refractivity contribution >= 4 is 35.1 Å². The van der Waals surface area contributed by atoms with E-state index in [1.54, 1.807) is 6.92 Å². The molecule has 0 aliphatic carbocycles. The third-order valence-corrected chi connectivity index (χ3v) is 2.99. The fourth-order valence-electron chi connectivity index (χ4n) is 1.67. The number of ether oxygens (including phenoxy) is 2. The number of hydrogen-bond donors (Lipinski definition) is 2. The zero-order valence-electron chi connectivity index (χ0n) is 12.8. The van der Waals surface area contributed by atoms with E-state index in [0.29, 0.717) is 18.1 Å². The quantitative estimate of drug-likeness (QED) is 0.421. The Bertz CT molecular complexity index is 577. The minimum atomic E-state index is -0.708. The fraction of sp³-hybridized carbons (Fsp3) is 0.400. The second-order valence-electron chi connectivity index (χ2n) is 4.57. The van der Waals surface area contributed by atoms with Gasteiger partial charge >= 0.3 is 11.9 Å². The van der Waals surface area contributed by atoms with Gasteiger partial charge in [-0.1, -0.05) is 11.6 Å². The number of benzene rings is 1. The molecule has 0 bridgehead atoms. The van der Waals surface area contributed by atoms with Gasteiger partial charge in [-0.3, -0.25) is 9.59 Å². The second kappa shape index (κ2) is 9.68. The monoisotopic (exact) mass is 342 g/mol. The van der Waals surface area contributed by atoms with Gasteiger partial charge < -0.3 is 20.5 Å². The van der Waals surface area contributed by atoms with E-state index >= 15 is 0 Å². The molecule has 0 saturated carbocycles. The number of nitrogens with two attached hydrogens (primary N) is 1. The van der Waals surface area contributed by atoms with Gasteiger partial charge in [-0.25, -0.2) is 4.79 Å². The summed E-state index contributed by atoms with van der Waals surface area (Å²) >= 11 is 5.73. The van der Waals surface area contributed by atoms with Crippen molar-refractivity contribution < 1.29 is 23.9 Å². The van der Waals surface area contributed by atoms with Gasteiger partial charge in [0.2, 0.25) is 0 Å². The molecule has 1 rings (SSSR count). The van der Waals surface area contributed by atoms with Gasteiger partial charge in [0.1, 0.15) is 0 Å². The molecule has 0 unspecified atom stereocenters. The van der Waals surface area contributed by atoms with Crippen molar-refractivity contribution in [2.75, 3.05) is 25.5 Å². The first-order valence-electron chi connectivity index (χ1n) is 7.08. The Balaban J connectivity index is 2.27. The molecule has 0 aliphatic heterocycles.